The molecule has 0 unspecified atom stereocenters. The number of fused-ring (bicyclic) bond motifs is 1. The van der Waals surface area contributed by atoms with Crippen LogP contribution in [0.3, 0.4) is 0 Å². The molecule has 0 atom stereocenters. The van der Waals surface area contributed by atoms with Crippen molar-refractivity contribution in [3.8, 4) is 0 Å². The van der Waals surface area contributed by atoms with Crippen molar-refractivity contribution in [2.45, 2.75) is 0 Å². The minimum absolute atomic E-state index is 0.0440. The first kappa shape index (κ1) is 13.1. The van der Waals surface area contributed by atoms with Gasteiger partial charge in [0, 0.05) is 0 Å². The molecule has 1 heterocycles. The number of benzene rings is 2. The van der Waals surface area contributed by atoms with Crippen LogP contribution in [0, 0.1) is 5.82 Å². The van der Waals surface area contributed by atoms with E-state index < -0.39 is 11.6 Å². The predicted octanol–water partition coefficient (Wildman–Crippen LogP) is 3.67. The number of halogens is 1. The summed E-state index contributed by atoms with van der Waals surface area (Å²) in [5.41, 5.74) is 2.13. The molecule has 0 spiro atoms. The van der Waals surface area contributed by atoms with E-state index in [-0.39, 0.29) is 5.56 Å². The highest BCUT2D eigenvalue weighted by Gasteiger charge is 2.07. The van der Waals surface area contributed by atoms with Crippen molar-refractivity contribution in [1.82, 2.24) is 9.97 Å². The van der Waals surface area contributed by atoms with Crippen LogP contribution in [-0.2, 0) is 0 Å². The van der Waals surface area contributed by atoms with Crippen LogP contribution in [0.15, 0.2) is 60.8 Å². The number of rotatable bonds is 3. The molecule has 0 amide bonds. The van der Waals surface area contributed by atoms with E-state index in [0.717, 1.165) is 11.0 Å². The Morgan fingerprint density at radius 2 is 1.71 bits per heavy atom. The van der Waals surface area contributed by atoms with Gasteiger partial charge >= 0.3 is 0 Å². The summed E-state index contributed by atoms with van der Waals surface area (Å²) < 4.78 is 13.5. The summed E-state index contributed by atoms with van der Waals surface area (Å²) in [6.45, 7) is 0. The molecule has 0 N–H and O–H groups in total. The van der Waals surface area contributed by atoms with E-state index in [0.29, 0.717) is 5.69 Å². The smallest absolute Gasteiger partial charge is 0.188 e. The van der Waals surface area contributed by atoms with Crippen LogP contribution < -0.4 is 0 Å². The minimum Gasteiger partial charge on any atom is -0.289 e. The summed E-state index contributed by atoms with van der Waals surface area (Å²) in [6, 6.07) is 13.3. The molecule has 0 bridgehead atoms. The molecular formula is C17H11FN2O. The molecule has 0 aliphatic carbocycles. The van der Waals surface area contributed by atoms with Crippen molar-refractivity contribution in [3.05, 3.63) is 77.9 Å². The van der Waals surface area contributed by atoms with Crippen LogP contribution in [0.4, 0.5) is 4.39 Å². The van der Waals surface area contributed by atoms with Crippen LogP contribution in [-0.4, -0.2) is 15.8 Å². The second kappa shape index (κ2) is 5.63. The molecule has 21 heavy (non-hydrogen) atoms. The SMILES string of the molecule is O=C(/C=C/c1cnc2ccccc2n1)c1ccccc1F. The van der Waals surface area contributed by atoms with Crippen molar-refractivity contribution in [2.24, 2.45) is 0 Å². The van der Waals surface area contributed by atoms with Crippen LogP contribution in [0.25, 0.3) is 17.1 Å². The maximum absolute atomic E-state index is 13.5. The lowest BCUT2D eigenvalue weighted by molar-refractivity contribution is 0.104. The largest absolute Gasteiger partial charge is 0.289 e. The number of nitrogens with zero attached hydrogens (tertiary/aromatic N) is 2. The molecular weight excluding hydrogens is 267 g/mol. The van der Waals surface area contributed by atoms with Gasteiger partial charge in [0.1, 0.15) is 5.82 Å². The number of hydrogen-bond donors (Lipinski definition) is 0. The van der Waals surface area contributed by atoms with E-state index in [1.807, 2.05) is 24.3 Å². The zero-order chi connectivity index (χ0) is 14.7. The van der Waals surface area contributed by atoms with Crippen molar-refractivity contribution in [1.29, 1.82) is 0 Å². The highest BCUT2D eigenvalue weighted by atomic mass is 19.1. The molecule has 0 saturated carbocycles. The fraction of sp³-hybridized carbons (Fsp3) is 0. The van der Waals surface area contributed by atoms with Gasteiger partial charge in [0.2, 0.25) is 0 Å². The molecule has 0 aliphatic heterocycles. The number of ketones is 1. The Morgan fingerprint density at radius 1 is 1.00 bits per heavy atom. The minimum atomic E-state index is -0.531. The number of para-hydroxylation sites is 2. The lowest BCUT2D eigenvalue weighted by Gasteiger charge is -1.98. The van der Waals surface area contributed by atoms with Gasteiger partial charge in [0.25, 0.3) is 0 Å². The van der Waals surface area contributed by atoms with Gasteiger partial charge in [0.15, 0.2) is 5.78 Å². The third-order valence-electron chi connectivity index (χ3n) is 3.01. The lowest BCUT2D eigenvalue weighted by Crippen LogP contribution is -1.98. The molecule has 3 aromatic rings. The summed E-state index contributed by atoms with van der Waals surface area (Å²) in [6.07, 6.45) is 4.42. The Bertz CT molecular complexity index is 843. The van der Waals surface area contributed by atoms with Crippen molar-refractivity contribution in [3.63, 3.8) is 0 Å². The molecule has 3 nitrogen and oxygen atoms in total. The number of carbonyl (C=O) groups is 1. The molecule has 4 heteroatoms. The molecule has 0 radical (unpaired) electrons. The van der Waals surface area contributed by atoms with Crippen LogP contribution >= 0.6 is 0 Å². The topological polar surface area (TPSA) is 42.9 Å². The van der Waals surface area contributed by atoms with E-state index in [1.165, 1.54) is 24.3 Å². The summed E-state index contributed by atoms with van der Waals surface area (Å²) in [4.78, 5) is 20.5. The first-order valence-electron chi connectivity index (χ1n) is 6.43. The molecule has 1 aromatic heterocycles. The Morgan fingerprint density at radius 3 is 2.52 bits per heavy atom. The highest BCUT2D eigenvalue weighted by Crippen LogP contribution is 2.11. The summed E-state index contributed by atoms with van der Waals surface area (Å²) >= 11 is 0. The van der Waals surface area contributed by atoms with Gasteiger partial charge in [-0.3, -0.25) is 9.78 Å². The van der Waals surface area contributed by atoms with Crippen molar-refractivity contribution < 1.29 is 9.18 Å². The third-order valence-corrected chi connectivity index (χ3v) is 3.01. The van der Waals surface area contributed by atoms with Crippen LogP contribution in [0.1, 0.15) is 16.1 Å². The first-order chi connectivity index (χ1) is 10.2. The van der Waals surface area contributed by atoms with Gasteiger partial charge in [-0.1, -0.05) is 24.3 Å². The molecule has 3 rings (SSSR count). The van der Waals surface area contributed by atoms with Crippen LogP contribution in [0.5, 0.6) is 0 Å². The Balaban J connectivity index is 1.87. The first-order valence-corrected chi connectivity index (χ1v) is 6.43. The summed E-state index contributed by atoms with van der Waals surface area (Å²) in [5.74, 6) is -0.931. The van der Waals surface area contributed by atoms with Gasteiger partial charge in [0.05, 0.1) is 28.5 Å². The monoisotopic (exact) mass is 278 g/mol. The van der Waals surface area contributed by atoms with Gasteiger partial charge in [-0.05, 0) is 36.4 Å². The van der Waals surface area contributed by atoms with Crippen molar-refractivity contribution >= 4 is 22.9 Å². The second-order valence-electron chi connectivity index (χ2n) is 4.46. The maximum Gasteiger partial charge on any atom is 0.188 e. The summed E-state index contributed by atoms with van der Waals surface area (Å²) in [7, 11) is 0. The Kier molecular flexibility index (Phi) is 3.51. The molecule has 0 saturated heterocycles. The number of hydrogen-bond acceptors (Lipinski definition) is 3. The lowest BCUT2D eigenvalue weighted by atomic mass is 10.1. The number of aromatic nitrogens is 2. The van der Waals surface area contributed by atoms with E-state index in [9.17, 15) is 9.18 Å². The molecule has 2 aromatic carbocycles. The highest BCUT2D eigenvalue weighted by molar-refractivity contribution is 6.06. The standard InChI is InChI=1S/C17H11FN2O/c18-14-6-2-1-5-13(14)17(21)10-9-12-11-19-15-7-3-4-8-16(15)20-12/h1-11H/b10-9+. The van der Waals surface area contributed by atoms with Crippen LogP contribution in [0.2, 0.25) is 0 Å². The maximum atomic E-state index is 13.5. The van der Waals surface area contributed by atoms with Gasteiger partial charge in [-0.15, -0.1) is 0 Å². The average molecular weight is 278 g/mol. The van der Waals surface area contributed by atoms with Gasteiger partial charge < -0.3 is 0 Å². The number of carbonyl (C=O) groups excluding carboxylic acids is 1. The molecule has 0 aliphatic rings. The van der Waals surface area contributed by atoms with E-state index in [4.69, 9.17) is 0 Å². The zero-order valence-corrected chi connectivity index (χ0v) is 11.0. The second-order valence-corrected chi connectivity index (χ2v) is 4.46. The fourth-order valence-electron chi connectivity index (χ4n) is 1.96. The Hall–Kier alpha value is -2.88. The number of allylic oxidation sites excluding steroid dienone is 1. The zero-order valence-electron chi connectivity index (χ0n) is 11.0. The Labute approximate surface area is 120 Å². The molecule has 102 valence electrons. The van der Waals surface area contributed by atoms with Gasteiger partial charge in [-0.2, -0.15) is 0 Å². The van der Waals surface area contributed by atoms with Crippen molar-refractivity contribution in [2.75, 3.05) is 0 Å². The third kappa shape index (κ3) is 2.84. The van der Waals surface area contributed by atoms with E-state index >= 15 is 0 Å². The molecule has 0 fully saturated rings. The normalized spacial score (nSPS) is 11.1. The summed E-state index contributed by atoms with van der Waals surface area (Å²) in [5, 5.41) is 0. The van der Waals surface area contributed by atoms with Gasteiger partial charge in [-0.25, -0.2) is 9.37 Å². The fourth-order valence-corrected chi connectivity index (χ4v) is 1.96. The van der Waals surface area contributed by atoms with E-state index in [2.05, 4.69) is 9.97 Å². The quantitative estimate of drug-likeness (QED) is 0.542. The average Bonchev–Trinajstić information content (AvgIpc) is 2.53. The van der Waals surface area contributed by atoms with E-state index in [1.54, 1.807) is 18.3 Å². The predicted molar refractivity (Wildman–Crippen MR) is 79.3 cm³/mol.